The number of carbonyl (C=O) groups is 1. The van der Waals surface area contributed by atoms with Crippen molar-refractivity contribution in [1.29, 1.82) is 0 Å². The highest BCUT2D eigenvalue weighted by Gasteiger charge is 2.06. The zero-order valence-corrected chi connectivity index (χ0v) is 21.1. The zero-order chi connectivity index (χ0) is 21.3. The third-order valence-electron chi connectivity index (χ3n) is 4.37. The van der Waals surface area contributed by atoms with Gasteiger partial charge in [0.1, 0.15) is 0 Å². The third-order valence-corrected chi connectivity index (χ3v) is 4.37. The molecule has 2 N–H and O–H groups in total. The maximum Gasteiger partial charge on any atom is 0.305 e. The summed E-state index contributed by atoms with van der Waals surface area (Å²) in [5.74, 6) is 2.25. The van der Waals surface area contributed by atoms with Crippen molar-refractivity contribution in [1.82, 2.24) is 10.6 Å². The van der Waals surface area contributed by atoms with Gasteiger partial charge in [-0.15, -0.1) is 24.0 Å². The number of halogens is 1. The molecule has 0 spiro atoms. The van der Waals surface area contributed by atoms with Crippen LogP contribution < -0.4 is 20.1 Å². The molecule has 0 fully saturated rings. The molecule has 0 aliphatic rings. The molecule has 0 bridgehead atoms. The lowest BCUT2D eigenvalue weighted by Crippen LogP contribution is -2.38. The van der Waals surface area contributed by atoms with Crippen LogP contribution in [0.4, 0.5) is 0 Å². The molecule has 0 atom stereocenters. The van der Waals surface area contributed by atoms with Gasteiger partial charge in [-0.2, -0.15) is 0 Å². The molecule has 0 unspecified atom stereocenters. The number of ether oxygens (including phenoxy) is 3. The summed E-state index contributed by atoms with van der Waals surface area (Å²) in [6, 6.07) is 6.08. The van der Waals surface area contributed by atoms with E-state index in [-0.39, 0.29) is 29.9 Å². The van der Waals surface area contributed by atoms with E-state index in [0.717, 1.165) is 62.7 Å². The van der Waals surface area contributed by atoms with Gasteiger partial charge in [-0.3, -0.25) is 9.79 Å². The molecule has 0 aliphatic heterocycles. The maximum absolute atomic E-state index is 11.1. The number of carbonyl (C=O) groups excluding carboxylic acids is 1. The van der Waals surface area contributed by atoms with Crippen LogP contribution in [0.15, 0.2) is 23.2 Å². The first-order valence-electron chi connectivity index (χ1n) is 10.5. The highest BCUT2D eigenvalue weighted by Crippen LogP contribution is 2.28. The monoisotopic (exact) mass is 535 g/mol. The van der Waals surface area contributed by atoms with Gasteiger partial charge in [0.2, 0.25) is 0 Å². The molecule has 0 saturated heterocycles. The van der Waals surface area contributed by atoms with E-state index >= 15 is 0 Å². The van der Waals surface area contributed by atoms with Gasteiger partial charge in [-0.05, 0) is 50.8 Å². The van der Waals surface area contributed by atoms with Crippen LogP contribution in [0.25, 0.3) is 0 Å². The van der Waals surface area contributed by atoms with E-state index in [2.05, 4.69) is 26.4 Å². The lowest BCUT2D eigenvalue weighted by Gasteiger charge is -2.14. The molecule has 1 rings (SSSR count). The Morgan fingerprint density at radius 2 is 1.63 bits per heavy atom. The summed E-state index contributed by atoms with van der Waals surface area (Å²) >= 11 is 0. The average molecular weight is 535 g/mol. The number of rotatable bonds is 14. The summed E-state index contributed by atoms with van der Waals surface area (Å²) in [6.07, 6.45) is 5.39. The number of hydrogen-bond acceptors (Lipinski definition) is 5. The smallest absolute Gasteiger partial charge is 0.305 e. The number of guanidine groups is 1. The Labute approximate surface area is 198 Å². The van der Waals surface area contributed by atoms with Crippen LogP contribution in [0.5, 0.6) is 11.5 Å². The van der Waals surface area contributed by atoms with Crippen molar-refractivity contribution in [2.75, 3.05) is 40.5 Å². The van der Waals surface area contributed by atoms with Gasteiger partial charge in [0.25, 0.3) is 0 Å². The van der Waals surface area contributed by atoms with Crippen molar-refractivity contribution in [2.24, 2.45) is 4.99 Å². The minimum atomic E-state index is -0.131. The summed E-state index contributed by atoms with van der Waals surface area (Å²) < 4.78 is 15.9. The molecule has 0 saturated carbocycles. The molecule has 0 aliphatic carbocycles. The lowest BCUT2D eigenvalue weighted by atomic mass is 10.1. The summed E-state index contributed by atoms with van der Waals surface area (Å²) in [7, 11) is 3.20. The second-order valence-electron chi connectivity index (χ2n) is 6.56. The number of hydrogen-bond donors (Lipinski definition) is 2. The minimum Gasteiger partial charge on any atom is -0.490 e. The fourth-order valence-electron chi connectivity index (χ4n) is 2.85. The van der Waals surface area contributed by atoms with E-state index in [1.54, 1.807) is 7.05 Å². The summed E-state index contributed by atoms with van der Waals surface area (Å²) in [4.78, 5) is 15.3. The first-order chi connectivity index (χ1) is 14.1. The van der Waals surface area contributed by atoms with Crippen molar-refractivity contribution in [3.05, 3.63) is 23.8 Å². The van der Waals surface area contributed by atoms with Crippen molar-refractivity contribution in [3.63, 3.8) is 0 Å². The van der Waals surface area contributed by atoms with E-state index in [4.69, 9.17) is 9.47 Å². The van der Waals surface area contributed by atoms with Crippen LogP contribution in [0.2, 0.25) is 0 Å². The topological polar surface area (TPSA) is 81.2 Å². The Morgan fingerprint density at radius 1 is 0.967 bits per heavy atom. The second-order valence-corrected chi connectivity index (χ2v) is 6.56. The van der Waals surface area contributed by atoms with Crippen molar-refractivity contribution < 1.29 is 19.0 Å². The Bertz CT molecular complexity index is 626. The van der Waals surface area contributed by atoms with E-state index in [1.807, 2.05) is 26.0 Å². The van der Waals surface area contributed by atoms with Crippen LogP contribution in [-0.4, -0.2) is 52.4 Å². The highest BCUT2D eigenvalue weighted by molar-refractivity contribution is 14.0. The lowest BCUT2D eigenvalue weighted by molar-refractivity contribution is -0.140. The number of benzene rings is 1. The number of nitrogens with zero attached hydrogens (tertiary/aromatic N) is 1. The Morgan fingerprint density at radius 3 is 2.30 bits per heavy atom. The van der Waals surface area contributed by atoms with E-state index < -0.39 is 0 Å². The molecular formula is C22H38IN3O4. The second kappa shape index (κ2) is 18.1. The van der Waals surface area contributed by atoms with E-state index in [9.17, 15) is 4.79 Å². The largest absolute Gasteiger partial charge is 0.490 e. The van der Waals surface area contributed by atoms with Crippen LogP contribution in [0.3, 0.4) is 0 Å². The fraction of sp³-hybridized carbons (Fsp3) is 0.636. The van der Waals surface area contributed by atoms with Crippen LogP contribution >= 0.6 is 24.0 Å². The number of nitrogens with one attached hydrogen (secondary N) is 2. The van der Waals surface area contributed by atoms with Gasteiger partial charge in [-0.25, -0.2) is 0 Å². The van der Waals surface area contributed by atoms with Gasteiger partial charge >= 0.3 is 5.97 Å². The molecule has 1 aromatic rings. The normalized spacial score (nSPS) is 10.7. The minimum absolute atomic E-state index is 0. The highest BCUT2D eigenvalue weighted by atomic mass is 127. The first-order valence-corrected chi connectivity index (χ1v) is 10.5. The zero-order valence-electron chi connectivity index (χ0n) is 18.8. The molecular weight excluding hydrogens is 497 g/mol. The van der Waals surface area contributed by atoms with Crippen molar-refractivity contribution >= 4 is 35.9 Å². The van der Waals surface area contributed by atoms with Crippen LogP contribution in [0.1, 0.15) is 51.5 Å². The van der Waals surface area contributed by atoms with Gasteiger partial charge in [-0.1, -0.05) is 18.9 Å². The predicted octanol–water partition coefficient (Wildman–Crippen LogP) is 3.93. The van der Waals surface area contributed by atoms with Crippen LogP contribution in [-0.2, 0) is 16.0 Å². The standard InChI is InChI=1S/C22H37N3O4.HI/c1-5-28-19-13-12-18(17-20(19)29-6-2)14-16-25-22(23-3)24-15-10-8-7-9-11-21(26)27-4;/h12-13,17H,5-11,14-16H2,1-4H3,(H2,23,24,25);1H. The molecule has 0 aromatic heterocycles. The molecule has 172 valence electrons. The number of unbranched alkanes of at least 4 members (excludes halogenated alkanes) is 3. The summed E-state index contributed by atoms with van der Waals surface area (Å²) in [6.45, 7) is 6.80. The van der Waals surface area contributed by atoms with Gasteiger partial charge in [0.05, 0.1) is 20.3 Å². The summed E-state index contributed by atoms with van der Waals surface area (Å²) in [5, 5.41) is 6.67. The molecule has 8 heteroatoms. The van der Waals surface area contributed by atoms with Gasteiger partial charge < -0.3 is 24.8 Å². The average Bonchev–Trinajstić information content (AvgIpc) is 2.73. The number of esters is 1. The molecule has 0 heterocycles. The molecule has 0 radical (unpaired) electrons. The SMILES string of the molecule is CCOc1ccc(CCNC(=NC)NCCCCCCC(=O)OC)cc1OCC.I. The Kier molecular flexibility index (Phi) is 17.1. The van der Waals surface area contributed by atoms with Crippen LogP contribution in [0, 0.1) is 0 Å². The maximum atomic E-state index is 11.1. The van der Waals surface area contributed by atoms with Gasteiger partial charge in [0, 0.05) is 26.6 Å². The van der Waals surface area contributed by atoms with E-state index in [1.165, 1.54) is 12.7 Å². The molecule has 0 amide bonds. The number of methoxy groups -OCH3 is 1. The van der Waals surface area contributed by atoms with Crippen molar-refractivity contribution in [3.8, 4) is 11.5 Å². The van der Waals surface area contributed by atoms with Gasteiger partial charge in [0.15, 0.2) is 17.5 Å². The quantitative estimate of drug-likeness (QED) is 0.124. The third kappa shape index (κ3) is 12.1. The predicted molar refractivity (Wildman–Crippen MR) is 132 cm³/mol. The van der Waals surface area contributed by atoms with Crippen molar-refractivity contribution in [2.45, 2.75) is 52.4 Å². The summed E-state index contributed by atoms with van der Waals surface area (Å²) in [5.41, 5.74) is 1.19. The Hall–Kier alpha value is -1.71. The Balaban J connectivity index is 0.00000841. The fourth-order valence-corrected chi connectivity index (χ4v) is 2.85. The molecule has 30 heavy (non-hydrogen) atoms. The number of aliphatic imine (C=N–C) groups is 1. The first kappa shape index (κ1) is 28.3. The van der Waals surface area contributed by atoms with E-state index in [0.29, 0.717) is 19.6 Å². The molecule has 7 nitrogen and oxygen atoms in total. The molecule has 1 aromatic carbocycles.